The molecule has 1 fully saturated rings. The topological polar surface area (TPSA) is 0 Å². The Morgan fingerprint density at radius 1 is 0.583 bits per heavy atom. The lowest BCUT2D eigenvalue weighted by molar-refractivity contribution is 0.410. The van der Waals surface area contributed by atoms with Gasteiger partial charge in [0, 0.05) is 0 Å². The fraction of sp³-hybridized carbons (Fsp3) is 1.00. The van der Waals surface area contributed by atoms with Crippen molar-refractivity contribution in [3.63, 3.8) is 0 Å². The second kappa shape index (κ2) is 13.2. The van der Waals surface area contributed by atoms with E-state index in [0.717, 1.165) is 11.8 Å². The van der Waals surface area contributed by atoms with E-state index in [1.165, 1.54) is 109 Å². The number of unbranched alkanes of at least 4 members (excludes halogenated alkanes) is 14. The van der Waals surface area contributed by atoms with E-state index in [0.29, 0.717) is 5.41 Å². The fourth-order valence-electron chi connectivity index (χ4n) is 5.02. The summed E-state index contributed by atoms with van der Waals surface area (Å²) in [7, 11) is 0. The zero-order valence-corrected chi connectivity index (χ0v) is 17.7. The first-order valence-corrected chi connectivity index (χ1v) is 11.7. The smallest absolute Gasteiger partial charge is 0.0266 e. The summed E-state index contributed by atoms with van der Waals surface area (Å²) < 4.78 is 0. The standard InChI is InChI=1S/C24H48/c1-5-7-8-9-10-11-12-13-14-15-16-17-18-19-20-21-24(4)22(3)23(24)6-2/h22-23H,5-21H2,1-4H3. The van der Waals surface area contributed by atoms with Gasteiger partial charge in [0.25, 0.3) is 0 Å². The van der Waals surface area contributed by atoms with Gasteiger partial charge >= 0.3 is 0 Å². The highest BCUT2D eigenvalue weighted by molar-refractivity contribution is 5.04. The Morgan fingerprint density at radius 2 is 0.958 bits per heavy atom. The van der Waals surface area contributed by atoms with Gasteiger partial charge in [-0.1, -0.05) is 130 Å². The van der Waals surface area contributed by atoms with Crippen LogP contribution in [0.5, 0.6) is 0 Å². The van der Waals surface area contributed by atoms with Crippen molar-refractivity contribution in [3.8, 4) is 0 Å². The van der Waals surface area contributed by atoms with Crippen LogP contribution < -0.4 is 0 Å². The first kappa shape index (κ1) is 22.0. The maximum atomic E-state index is 2.54. The maximum Gasteiger partial charge on any atom is -0.0266 e. The van der Waals surface area contributed by atoms with E-state index in [-0.39, 0.29) is 0 Å². The summed E-state index contributed by atoms with van der Waals surface area (Å²) in [4.78, 5) is 0. The largest absolute Gasteiger partial charge is 0.0654 e. The second-order valence-electron chi connectivity index (χ2n) is 9.01. The molecule has 3 unspecified atom stereocenters. The van der Waals surface area contributed by atoms with Crippen molar-refractivity contribution in [2.24, 2.45) is 17.3 Å². The predicted octanol–water partition coefficient (Wildman–Crippen LogP) is 8.93. The lowest BCUT2D eigenvalue weighted by Gasteiger charge is -2.11. The van der Waals surface area contributed by atoms with Gasteiger partial charge in [0.15, 0.2) is 0 Å². The molecular formula is C24H48. The molecule has 0 nitrogen and oxygen atoms in total. The van der Waals surface area contributed by atoms with Crippen molar-refractivity contribution in [2.75, 3.05) is 0 Å². The van der Waals surface area contributed by atoms with Crippen molar-refractivity contribution < 1.29 is 0 Å². The number of hydrogen-bond donors (Lipinski definition) is 0. The average molecular weight is 337 g/mol. The zero-order chi connectivity index (χ0) is 17.7. The molecule has 1 aliphatic rings. The minimum Gasteiger partial charge on any atom is -0.0654 e. The minimum atomic E-state index is 0.714. The molecule has 24 heavy (non-hydrogen) atoms. The van der Waals surface area contributed by atoms with E-state index in [4.69, 9.17) is 0 Å². The second-order valence-corrected chi connectivity index (χ2v) is 9.01. The first-order chi connectivity index (χ1) is 11.7. The summed E-state index contributed by atoms with van der Waals surface area (Å²) in [6.07, 6.45) is 25.0. The molecule has 0 aromatic carbocycles. The maximum absolute atomic E-state index is 2.54. The summed E-state index contributed by atoms with van der Waals surface area (Å²) in [6.45, 7) is 9.68. The van der Waals surface area contributed by atoms with Crippen molar-refractivity contribution in [2.45, 2.75) is 137 Å². The van der Waals surface area contributed by atoms with E-state index in [1.54, 1.807) is 0 Å². The van der Waals surface area contributed by atoms with Gasteiger partial charge in [-0.25, -0.2) is 0 Å². The summed E-state index contributed by atoms with van der Waals surface area (Å²) in [5.41, 5.74) is 0.714. The van der Waals surface area contributed by atoms with Crippen LogP contribution in [0.2, 0.25) is 0 Å². The lowest BCUT2D eigenvalue weighted by atomic mass is 9.95. The Hall–Kier alpha value is 0. The molecule has 1 saturated carbocycles. The first-order valence-electron chi connectivity index (χ1n) is 11.7. The summed E-state index contributed by atoms with van der Waals surface area (Å²) in [5, 5.41) is 0. The van der Waals surface area contributed by atoms with E-state index in [2.05, 4.69) is 27.7 Å². The summed E-state index contributed by atoms with van der Waals surface area (Å²) in [6, 6.07) is 0. The van der Waals surface area contributed by atoms with Crippen LogP contribution in [-0.4, -0.2) is 0 Å². The molecule has 1 aliphatic carbocycles. The highest BCUT2D eigenvalue weighted by atomic mass is 14.6. The molecule has 0 aromatic rings. The van der Waals surface area contributed by atoms with E-state index in [1.807, 2.05) is 0 Å². The van der Waals surface area contributed by atoms with E-state index in [9.17, 15) is 0 Å². The summed E-state index contributed by atoms with van der Waals surface area (Å²) >= 11 is 0. The van der Waals surface area contributed by atoms with Crippen molar-refractivity contribution in [3.05, 3.63) is 0 Å². The van der Waals surface area contributed by atoms with Gasteiger partial charge in [-0.3, -0.25) is 0 Å². The zero-order valence-electron chi connectivity index (χ0n) is 17.7. The van der Waals surface area contributed by atoms with Crippen LogP contribution in [0.4, 0.5) is 0 Å². The Bertz CT molecular complexity index is 282. The molecule has 0 heteroatoms. The average Bonchev–Trinajstić information content (AvgIpc) is 3.11. The third-order valence-corrected chi connectivity index (χ3v) is 7.14. The van der Waals surface area contributed by atoms with Gasteiger partial charge < -0.3 is 0 Å². The van der Waals surface area contributed by atoms with Crippen LogP contribution in [0.15, 0.2) is 0 Å². The van der Waals surface area contributed by atoms with Crippen LogP contribution >= 0.6 is 0 Å². The molecule has 0 N–H and O–H groups in total. The molecule has 0 spiro atoms. The lowest BCUT2D eigenvalue weighted by Crippen LogP contribution is -1.99. The van der Waals surface area contributed by atoms with Gasteiger partial charge in [0.05, 0.1) is 0 Å². The molecule has 144 valence electrons. The van der Waals surface area contributed by atoms with Gasteiger partial charge in [-0.05, 0) is 23.7 Å². The third kappa shape index (κ3) is 8.39. The van der Waals surface area contributed by atoms with E-state index >= 15 is 0 Å². The summed E-state index contributed by atoms with van der Waals surface area (Å²) in [5.74, 6) is 2.03. The van der Waals surface area contributed by atoms with Crippen molar-refractivity contribution in [1.82, 2.24) is 0 Å². The highest BCUT2D eigenvalue weighted by Crippen LogP contribution is 2.62. The molecule has 0 amide bonds. The molecule has 3 atom stereocenters. The molecule has 0 bridgehead atoms. The number of hydrogen-bond acceptors (Lipinski definition) is 0. The third-order valence-electron chi connectivity index (χ3n) is 7.14. The molecular weight excluding hydrogens is 288 g/mol. The normalized spacial score (nSPS) is 26.0. The van der Waals surface area contributed by atoms with Crippen LogP contribution in [0.3, 0.4) is 0 Å². The van der Waals surface area contributed by atoms with Crippen LogP contribution in [0, 0.1) is 17.3 Å². The quantitative estimate of drug-likeness (QED) is 0.232. The Morgan fingerprint density at radius 3 is 1.29 bits per heavy atom. The molecule has 1 rings (SSSR count). The van der Waals surface area contributed by atoms with Crippen molar-refractivity contribution >= 4 is 0 Å². The van der Waals surface area contributed by atoms with Crippen LogP contribution in [0.1, 0.15) is 137 Å². The fourth-order valence-corrected chi connectivity index (χ4v) is 5.02. The predicted molar refractivity (Wildman–Crippen MR) is 111 cm³/mol. The monoisotopic (exact) mass is 336 g/mol. The molecule has 0 aliphatic heterocycles. The van der Waals surface area contributed by atoms with Gasteiger partial charge in [0.1, 0.15) is 0 Å². The van der Waals surface area contributed by atoms with E-state index < -0.39 is 0 Å². The molecule has 0 heterocycles. The van der Waals surface area contributed by atoms with Crippen LogP contribution in [-0.2, 0) is 0 Å². The highest BCUT2D eigenvalue weighted by Gasteiger charge is 2.55. The molecule has 0 saturated heterocycles. The molecule has 0 radical (unpaired) electrons. The van der Waals surface area contributed by atoms with Crippen molar-refractivity contribution in [1.29, 1.82) is 0 Å². The van der Waals surface area contributed by atoms with Gasteiger partial charge in [-0.2, -0.15) is 0 Å². The minimum absolute atomic E-state index is 0.714. The Kier molecular flexibility index (Phi) is 12.2. The Labute approximate surface area is 154 Å². The Balaban J connectivity index is 1.74. The number of rotatable bonds is 17. The molecule has 0 aromatic heterocycles. The van der Waals surface area contributed by atoms with Gasteiger partial charge in [0.2, 0.25) is 0 Å². The van der Waals surface area contributed by atoms with Gasteiger partial charge in [-0.15, -0.1) is 0 Å². The van der Waals surface area contributed by atoms with Crippen LogP contribution in [0.25, 0.3) is 0 Å². The SMILES string of the molecule is CCCCCCCCCCCCCCCCCC1(C)C(C)C1CC.